The maximum atomic E-state index is 13.5. The van der Waals surface area contributed by atoms with E-state index >= 15 is 0 Å². The third kappa shape index (κ3) is 1.75. The molecule has 1 aliphatic rings. The minimum absolute atomic E-state index is 0.0234. The van der Waals surface area contributed by atoms with Crippen LogP contribution in [0.15, 0.2) is 12.1 Å². The summed E-state index contributed by atoms with van der Waals surface area (Å²) in [6.07, 6.45) is 0.0234. The average molecular weight is 240 g/mol. The number of benzene rings is 1. The lowest BCUT2D eigenvalue weighted by atomic mass is 10.1. The fourth-order valence-corrected chi connectivity index (χ4v) is 1.76. The van der Waals surface area contributed by atoms with Crippen LogP contribution >= 0.6 is 0 Å². The van der Waals surface area contributed by atoms with Gasteiger partial charge in [-0.3, -0.25) is 9.59 Å². The van der Waals surface area contributed by atoms with Gasteiger partial charge >= 0.3 is 0 Å². The summed E-state index contributed by atoms with van der Waals surface area (Å²) >= 11 is 0. The predicted molar refractivity (Wildman–Crippen MR) is 57.0 cm³/mol. The molecule has 6 heteroatoms. The Morgan fingerprint density at radius 1 is 1.29 bits per heavy atom. The number of hydrogen-bond donors (Lipinski definition) is 1. The predicted octanol–water partition coefficient (Wildman–Crippen LogP) is 1.45. The molecule has 1 aromatic rings. The van der Waals surface area contributed by atoms with Crippen molar-refractivity contribution in [1.82, 2.24) is 0 Å². The number of carbonyl (C=O) groups excluding carboxylic acids is 2. The molecule has 17 heavy (non-hydrogen) atoms. The van der Waals surface area contributed by atoms with Gasteiger partial charge in [-0.05, 0) is 6.07 Å². The van der Waals surface area contributed by atoms with Crippen LogP contribution < -0.4 is 10.6 Å². The van der Waals surface area contributed by atoms with E-state index in [0.717, 1.165) is 11.0 Å². The fraction of sp³-hybridized carbons (Fsp3) is 0.273. The topological polar surface area (TPSA) is 63.4 Å². The molecule has 2 rings (SSSR count). The quantitative estimate of drug-likeness (QED) is 0.596. The van der Waals surface area contributed by atoms with Gasteiger partial charge in [0, 0.05) is 18.4 Å². The maximum Gasteiger partial charge on any atom is 0.237 e. The van der Waals surface area contributed by atoms with Gasteiger partial charge < -0.3 is 5.73 Å². The van der Waals surface area contributed by atoms with E-state index in [1.54, 1.807) is 6.92 Å². The Morgan fingerprint density at radius 2 is 1.94 bits per heavy atom. The minimum atomic E-state index is -0.979. The Kier molecular flexibility index (Phi) is 2.57. The van der Waals surface area contributed by atoms with Crippen molar-refractivity contribution in [3.63, 3.8) is 0 Å². The second kappa shape index (κ2) is 3.80. The van der Waals surface area contributed by atoms with Gasteiger partial charge in [0.2, 0.25) is 11.8 Å². The van der Waals surface area contributed by atoms with Gasteiger partial charge in [-0.2, -0.15) is 0 Å². The Balaban J connectivity index is 2.51. The van der Waals surface area contributed by atoms with Crippen molar-refractivity contribution in [3.05, 3.63) is 23.8 Å². The molecule has 1 aliphatic heterocycles. The van der Waals surface area contributed by atoms with Crippen LogP contribution in [-0.2, 0) is 9.59 Å². The van der Waals surface area contributed by atoms with E-state index in [-0.39, 0.29) is 17.8 Å². The lowest BCUT2D eigenvalue weighted by Gasteiger charge is -2.15. The second-order valence-electron chi connectivity index (χ2n) is 4.00. The smallest absolute Gasteiger partial charge is 0.237 e. The molecule has 0 saturated carbocycles. The van der Waals surface area contributed by atoms with E-state index in [9.17, 15) is 18.4 Å². The van der Waals surface area contributed by atoms with Crippen LogP contribution in [0.1, 0.15) is 13.3 Å². The highest BCUT2D eigenvalue weighted by Gasteiger charge is 2.38. The first-order valence-electron chi connectivity index (χ1n) is 5.03. The highest BCUT2D eigenvalue weighted by atomic mass is 19.1. The molecule has 2 amide bonds. The van der Waals surface area contributed by atoms with Crippen molar-refractivity contribution in [3.8, 4) is 0 Å². The number of imide groups is 1. The first-order valence-corrected chi connectivity index (χ1v) is 5.03. The van der Waals surface area contributed by atoms with Crippen LogP contribution in [-0.4, -0.2) is 11.8 Å². The maximum absolute atomic E-state index is 13.5. The molecule has 4 nitrogen and oxygen atoms in total. The molecule has 0 bridgehead atoms. The van der Waals surface area contributed by atoms with Crippen LogP contribution in [0.3, 0.4) is 0 Å². The average Bonchev–Trinajstić information content (AvgIpc) is 2.48. The first-order chi connectivity index (χ1) is 7.91. The van der Waals surface area contributed by atoms with Crippen molar-refractivity contribution >= 4 is 23.2 Å². The van der Waals surface area contributed by atoms with Crippen LogP contribution in [0.5, 0.6) is 0 Å². The first kappa shape index (κ1) is 11.5. The molecule has 1 heterocycles. The van der Waals surface area contributed by atoms with Crippen molar-refractivity contribution in [1.29, 1.82) is 0 Å². The highest BCUT2D eigenvalue weighted by molar-refractivity contribution is 6.21. The number of nitrogen functional groups attached to an aromatic ring is 1. The summed E-state index contributed by atoms with van der Waals surface area (Å²) in [5.41, 5.74) is 4.70. The minimum Gasteiger partial charge on any atom is -0.396 e. The second-order valence-corrected chi connectivity index (χ2v) is 4.00. The van der Waals surface area contributed by atoms with Gasteiger partial charge in [-0.25, -0.2) is 13.7 Å². The molecule has 1 saturated heterocycles. The van der Waals surface area contributed by atoms with Crippen molar-refractivity contribution < 1.29 is 18.4 Å². The van der Waals surface area contributed by atoms with Crippen molar-refractivity contribution in [2.45, 2.75) is 13.3 Å². The Bertz CT molecular complexity index is 516. The largest absolute Gasteiger partial charge is 0.396 e. The van der Waals surface area contributed by atoms with Crippen LogP contribution in [0.4, 0.5) is 20.2 Å². The number of rotatable bonds is 1. The Hall–Kier alpha value is -1.98. The third-order valence-corrected chi connectivity index (χ3v) is 2.68. The summed E-state index contributed by atoms with van der Waals surface area (Å²) < 4.78 is 26.5. The van der Waals surface area contributed by atoms with Gasteiger partial charge in [-0.15, -0.1) is 0 Å². The Morgan fingerprint density at radius 3 is 2.47 bits per heavy atom. The summed E-state index contributed by atoms with van der Waals surface area (Å²) in [5, 5.41) is 0. The molecule has 1 aromatic carbocycles. The van der Waals surface area contributed by atoms with Crippen LogP contribution in [0, 0.1) is 17.6 Å². The number of carbonyl (C=O) groups is 2. The Labute approximate surface area is 96.0 Å². The monoisotopic (exact) mass is 240 g/mol. The molecule has 1 atom stereocenters. The number of nitrogens with zero attached hydrogens (tertiary/aromatic N) is 1. The fourth-order valence-electron chi connectivity index (χ4n) is 1.76. The zero-order chi connectivity index (χ0) is 12.7. The van der Waals surface area contributed by atoms with Gasteiger partial charge in [0.1, 0.15) is 11.6 Å². The van der Waals surface area contributed by atoms with E-state index in [0.29, 0.717) is 6.07 Å². The van der Waals surface area contributed by atoms with Gasteiger partial charge in [0.25, 0.3) is 0 Å². The lowest BCUT2D eigenvalue weighted by molar-refractivity contribution is -0.122. The molecular formula is C11H10F2N2O2. The summed E-state index contributed by atoms with van der Waals surface area (Å²) in [7, 11) is 0. The van der Waals surface area contributed by atoms with Gasteiger partial charge in [0.15, 0.2) is 0 Å². The van der Waals surface area contributed by atoms with E-state index in [1.807, 2.05) is 0 Å². The molecular weight excluding hydrogens is 230 g/mol. The molecule has 1 unspecified atom stereocenters. The summed E-state index contributed by atoms with van der Waals surface area (Å²) in [5.74, 6) is -3.40. The summed E-state index contributed by atoms with van der Waals surface area (Å²) in [6.45, 7) is 1.57. The van der Waals surface area contributed by atoms with E-state index in [4.69, 9.17) is 5.73 Å². The molecule has 0 aromatic heterocycles. The van der Waals surface area contributed by atoms with Crippen molar-refractivity contribution in [2.75, 3.05) is 10.6 Å². The number of hydrogen-bond acceptors (Lipinski definition) is 3. The normalized spacial score (nSPS) is 20.2. The SMILES string of the molecule is CC1CC(=O)N(c2cc(N)c(F)cc2F)C1=O. The summed E-state index contributed by atoms with van der Waals surface area (Å²) in [6, 6.07) is 1.52. The molecule has 0 spiro atoms. The zero-order valence-electron chi connectivity index (χ0n) is 9.04. The lowest BCUT2D eigenvalue weighted by Crippen LogP contribution is -2.31. The van der Waals surface area contributed by atoms with E-state index in [1.165, 1.54) is 0 Å². The van der Waals surface area contributed by atoms with Crippen LogP contribution in [0.25, 0.3) is 0 Å². The number of nitrogens with two attached hydrogens (primary N) is 1. The standard InChI is InChI=1S/C11H10F2N2O2/c1-5-2-10(16)15(11(5)17)9-4-8(14)6(12)3-7(9)13/h3-5H,2,14H2,1H3. The zero-order valence-corrected chi connectivity index (χ0v) is 9.04. The highest BCUT2D eigenvalue weighted by Crippen LogP contribution is 2.30. The van der Waals surface area contributed by atoms with Crippen molar-refractivity contribution in [2.24, 2.45) is 5.92 Å². The summed E-state index contributed by atoms with van der Waals surface area (Å²) in [4.78, 5) is 23.9. The third-order valence-electron chi connectivity index (χ3n) is 2.68. The van der Waals surface area contributed by atoms with E-state index in [2.05, 4.69) is 0 Å². The molecule has 1 fully saturated rings. The number of anilines is 2. The van der Waals surface area contributed by atoms with E-state index < -0.39 is 29.4 Å². The molecule has 90 valence electrons. The molecule has 0 aliphatic carbocycles. The van der Waals surface area contributed by atoms with Gasteiger partial charge in [0.05, 0.1) is 11.4 Å². The van der Waals surface area contributed by atoms with Gasteiger partial charge in [-0.1, -0.05) is 6.92 Å². The van der Waals surface area contributed by atoms with Crippen LogP contribution in [0.2, 0.25) is 0 Å². The molecule has 0 radical (unpaired) electrons. The number of amides is 2. The number of halogens is 2. The molecule has 2 N–H and O–H groups in total.